The van der Waals surface area contributed by atoms with Crippen molar-refractivity contribution in [2.24, 2.45) is 0 Å². The van der Waals surface area contributed by atoms with Gasteiger partial charge in [0.05, 0.1) is 56.7 Å². The molecule has 0 bridgehead atoms. The molecule has 9 rings (SSSR count). The highest BCUT2D eigenvalue weighted by molar-refractivity contribution is 6.18. The molecule has 0 unspecified atom stereocenters. The molecule has 0 spiro atoms. The zero-order valence-electron chi connectivity index (χ0n) is 25.5. The Morgan fingerprint density at radius 3 is 1.40 bits per heavy atom. The third-order valence-corrected chi connectivity index (χ3v) is 9.01. The normalized spacial score (nSPS) is 11.3. The van der Waals surface area contributed by atoms with E-state index in [0.717, 1.165) is 66.4 Å². The van der Waals surface area contributed by atoms with Gasteiger partial charge in [0.1, 0.15) is 0 Å². The highest BCUT2D eigenvalue weighted by Gasteiger charge is 2.20. The molecule has 0 saturated heterocycles. The number of fused-ring (bicyclic) bond motifs is 6. The topological polar surface area (TPSA) is 83.2 Å². The Kier molecular flexibility index (Phi) is 6.15. The maximum atomic E-state index is 9.41. The summed E-state index contributed by atoms with van der Waals surface area (Å²) in [6.07, 6.45) is 0. The summed E-state index contributed by atoms with van der Waals surface area (Å²) in [5.74, 6) is 0.536. The Morgan fingerprint density at radius 1 is 0.417 bits per heavy atom. The van der Waals surface area contributed by atoms with E-state index in [1.165, 1.54) is 5.39 Å². The van der Waals surface area contributed by atoms with Crippen LogP contribution in [0.15, 0.2) is 146 Å². The molecule has 3 heterocycles. The van der Waals surface area contributed by atoms with Crippen LogP contribution in [-0.4, -0.2) is 19.1 Å². The summed E-state index contributed by atoms with van der Waals surface area (Å²) in [4.78, 5) is 10.3. The summed E-state index contributed by atoms with van der Waals surface area (Å²) in [5, 5.41) is 23.3. The van der Waals surface area contributed by atoms with Crippen molar-refractivity contribution in [1.29, 1.82) is 10.5 Å². The minimum absolute atomic E-state index is 0.536. The second-order valence-corrected chi connectivity index (χ2v) is 11.7. The Balaban J connectivity index is 1.37. The summed E-state index contributed by atoms with van der Waals surface area (Å²) in [5.41, 5.74) is 9.77. The van der Waals surface area contributed by atoms with E-state index in [1.54, 1.807) is 24.3 Å². The number of rotatable bonds is 4. The lowest BCUT2D eigenvalue weighted by molar-refractivity contribution is 0.996. The largest absolute Gasteiger partial charge is 0.309 e. The maximum absolute atomic E-state index is 9.41. The summed E-state index contributed by atoms with van der Waals surface area (Å²) >= 11 is 0. The van der Waals surface area contributed by atoms with E-state index >= 15 is 0 Å². The zero-order chi connectivity index (χ0) is 32.2. The molecule has 0 radical (unpaired) electrons. The van der Waals surface area contributed by atoms with Crippen LogP contribution in [0.4, 0.5) is 0 Å². The van der Waals surface area contributed by atoms with Gasteiger partial charge < -0.3 is 4.57 Å². The van der Waals surface area contributed by atoms with Gasteiger partial charge in [-0.3, -0.25) is 4.57 Å². The smallest absolute Gasteiger partial charge is 0.235 e. The van der Waals surface area contributed by atoms with Crippen LogP contribution in [-0.2, 0) is 0 Å². The fourth-order valence-corrected chi connectivity index (χ4v) is 6.76. The van der Waals surface area contributed by atoms with E-state index in [-0.39, 0.29) is 0 Å². The zero-order valence-corrected chi connectivity index (χ0v) is 25.5. The van der Waals surface area contributed by atoms with Gasteiger partial charge in [0.2, 0.25) is 5.95 Å². The monoisotopic (exact) mass is 612 g/mol. The highest BCUT2D eigenvalue weighted by atomic mass is 15.2. The molecular formula is C42H24N6. The number of para-hydroxylation sites is 3. The van der Waals surface area contributed by atoms with E-state index in [0.29, 0.717) is 17.1 Å². The number of aromatic nitrogens is 4. The Hall–Kier alpha value is -7.02. The standard InChI is InChI=1S/C42H24N6/c43-25-27-14-18-29(19-15-27)36-24-37(30-20-16-28(26-44)17-21-30)46-42(45-36)48-39-13-7-5-11-33(39)35-22-40-34(23-41(35)48)32-10-4-6-12-38(32)47(40)31-8-2-1-3-9-31/h1-24H. The predicted molar refractivity (Wildman–Crippen MR) is 191 cm³/mol. The number of hydrogen-bond acceptors (Lipinski definition) is 4. The average molecular weight is 613 g/mol. The molecule has 0 fully saturated rings. The first-order valence-electron chi connectivity index (χ1n) is 15.6. The first-order chi connectivity index (χ1) is 23.7. The van der Waals surface area contributed by atoms with Gasteiger partial charge in [-0.15, -0.1) is 0 Å². The maximum Gasteiger partial charge on any atom is 0.235 e. The van der Waals surface area contributed by atoms with Crippen LogP contribution >= 0.6 is 0 Å². The molecule has 0 N–H and O–H groups in total. The molecule has 0 atom stereocenters. The molecule has 3 aromatic heterocycles. The number of nitrogens with zero attached hydrogens (tertiary/aromatic N) is 6. The molecule has 48 heavy (non-hydrogen) atoms. The van der Waals surface area contributed by atoms with Gasteiger partial charge in [0, 0.05) is 38.4 Å². The summed E-state index contributed by atoms with van der Waals surface area (Å²) in [6.45, 7) is 0. The van der Waals surface area contributed by atoms with Gasteiger partial charge in [0.25, 0.3) is 0 Å². The lowest BCUT2D eigenvalue weighted by atomic mass is 10.1. The summed E-state index contributed by atoms with van der Waals surface area (Å²) < 4.78 is 4.49. The molecule has 9 aromatic rings. The van der Waals surface area contributed by atoms with Crippen LogP contribution in [0, 0.1) is 22.7 Å². The quantitative estimate of drug-likeness (QED) is 0.198. The lowest BCUT2D eigenvalue weighted by Crippen LogP contribution is -2.04. The lowest BCUT2D eigenvalue weighted by Gasteiger charge is -2.12. The van der Waals surface area contributed by atoms with Crippen LogP contribution in [0.1, 0.15) is 11.1 Å². The SMILES string of the molecule is N#Cc1ccc(-c2cc(-c3ccc(C#N)cc3)nc(-n3c4ccccc4c4cc5c(cc43)c3ccccc3n5-c3ccccc3)n2)cc1. The van der Waals surface area contributed by atoms with Gasteiger partial charge in [-0.05, 0) is 66.7 Å². The molecule has 0 aliphatic heterocycles. The molecule has 6 nitrogen and oxygen atoms in total. The van der Waals surface area contributed by atoms with E-state index in [4.69, 9.17) is 9.97 Å². The van der Waals surface area contributed by atoms with Crippen LogP contribution in [0.3, 0.4) is 0 Å². The van der Waals surface area contributed by atoms with E-state index in [1.807, 2.05) is 42.5 Å². The minimum Gasteiger partial charge on any atom is -0.309 e. The second-order valence-electron chi connectivity index (χ2n) is 11.7. The number of nitriles is 2. The molecule has 222 valence electrons. The molecule has 0 amide bonds. The minimum atomic E-state index is 0.536. The fourth-order valence-electron chi connectivity index (χ4n) is 6.76. The van der Waals surface area contributed by atoms with Crippen molar-refractivity contribution in [2.45, 2.75) is 0 Å². The van der Waals surface area contributed by atoms with Crippen LogP contribution < -0.4 is 0 Å². The first kappa shape index (κ1) is 27.3. The summed E-state index contributed by atoms with van der Waals surface area (Å²) in [7, 11) is 0. The highest BCUT2D eigenvalue weighted by Crippen LogP contribution is 2.39. The van der Waals surface area contributed by atoms with Gasteiger partial charge in [-0.1, -0.05) is 78.9 Å². The molecule has 6 heteroatoms. The Bertz CT molecular complexity index is 2700. The molecule has 0 aliphatic carbocycles. The van der Waals surface area contributed by atoms with Crippen molar-refractivity contribution < 1.29 is 0 Å². The average Bonchev–Trinajstić information content (AvgIpc) is 3.66. The fraction of sp³-hybridized carbons (Fsp3) is 0. The van der Waals surface area contributed by atoms with Gasteiger partial charge in [-0.25, -0.2) is 9.97 Å². The summed E-state index contributed by atoms with van der Waals surface area (Å²) in [6, 6.07) is 53.2. The molecule has 0 saturated carbocycles. The van der Waals surface area contributed by atoms with Crippen LogP contribution in [0.5, 0.6) is 0 Å². The van der Waals surface area contributed by atoms with E-state index in [2.05, 4.69) is 100 Å². The Labute approximate surface area is 275 Å². The van der Waals surface area contributed by atoms with Crippen molar-refractivity contribution in [3.05, 3.63) is 157 Å². The third kappa shape index (κ3) is 4.25. The van der Waals surface area contributed by atoms with E-state index < -0.39 is 0 Å². The number of benzene rings is 6. The first-order valence-corrected chi connectivity index (χ1v) is 15.6. The van der Waals surface area contributed by atoms with Crippen molar-refractivity contribution >= 4 is 43.6 Å². The number of hydrogen-bond donors (Lipinski definition) is 0. The van der Waals surface area contributed by atoms with E-state index in [9.17, 15) is 10.5 Å². The second kappa shape index (κ2) is 10.8. The van der Waals surface area contributed by atoms with Gasteiger partial charge in [0.15, 0.2) is 0 Å². The molecule has 6 aromatic carbocycles. The van der Waals surface area contributed by atoms with Crippen molar-refractivity contribution in [1.82, 2.24) is 19.1 Å². The molecule has 0 aliphatic rings. The van der Waals surface area contributed by atoms with Crippen LogP contribution in [0.2, 0.25) is 0 Å². The molecular weight excluding hydrogens is 589 g/mol. The van der Waals surface area contributed by atoms with Crippen molar-refractivity contribution in [3.63, 3.8) is 0 Å². The van der Waals surface area contributed by atoms with Gasteiger partial charge >= 0.3 is 0 Å². The third-order valence-electron chi connectivity index (χ3n) is 9.01. The van der Waals surface area contributed by atoms with Crippen molar-refractivity contribution in [3.8, 4) is 46.3 Å². The van der Waals surface area contributed by atoms with Crippen LogP contribution in [0.25, 0.3) is 77.8 Å². The van der Waals surface area contributed by atoms with Crippen molar-refractivity contribution in [2.75, 3.05) is 0 Å². The Morgan fingerprint density at radius 2 is 0.875 bits per heavy atom. The van der Waals surface area contributed by atoms with Gasteiger partial charge in [-0.2, -0.15) is 10.5 Å². The predicted octanol–water partition coefficient (Wildman–Crippen LogP) is 9.75.